The first-order valence-corrected chi connectivity index (χ1v) is 12.0. The maximum Gasteiger partial charge on any atom is 0.267 e. The Bertz CT molecular complexity index is 1470. The molecule has 0 amide bonds. The number of nitriles is 1. The van der Waals surface area contributed by atoms with Gasteiger partial charge >= 0.3 is 0 Å². The molecule has 2 aromatic carbocycles. The van der Waals surface area contributed by atoms with Crippen molar-refractivity contribution in [2.24, 2.45) is 5.41 Å². The van der Waals surface area contributed by atoms with Crippen LogP contribution in [-0.2, 0) is 6.54 Å². The van der Waals surface area contributed by atoms with Gasteiger partial charge in [-0.05, 0) is 43.9 Å². The molecule has 0 unspecified atom stereocenters. The molecular weight excluding hydrogens is 464 g/mol. The van der Waals surface area contributed by atoms with Crippen molar-refractivity contribution in [1.29, 1.82) is 5.26 Å². The van der Waals surface area contributed by atoms with Crippen LogP contribution in [0.1, 0.15) is 25.0 Å². The largest absolute Gasteiger partial charge is 0.490 e. The van der Waals surface area contributed by atoms with E-state index in [1.165, 1.54) is 10.7 Å². The third-order valence-corrected chi connectivity index (χ3v) is 5.67. The first-order chi connectivity index (χ1) is 17.7. The Balaban J connectivity index is 1.49. The lowest BCUT2D eigenvalue weighted by Gasteiger charge is -2.27. The van der Waals surface area contributed by atoms with Crippen LogP contribution in [0.25, 0.3) is 22.6 Å². The topological polar surface area (TPSA) is 96.9 Å². The number of hydrogen-bond acceptors (Lipinski definition) is 7. The Hall–Kier alpha value is -4.35. The Morgan fingerprint density at radius 1 is 1.00 bits per heavy atom. The van der Waals surface area contributed by atoms with Crippen molar-refractivity contribution in [2.45, 2.75) is 20.4 Å². The summed E-state index contributed by atoms with van der Waals surface area (Å²) < 4.78 is 7.34. The van der Waals surface area contributed by atoms with E-state index in [9.17, 15) is 10.1 Å². The zero-order valence-corrected chi connectivity index (χ0v) is 21.5. The zero-order chi connectivity index (χ0) is 26.4. The van der Waals surface area contributed by atoms with Gasteiger partial charge in [0, 0.05) is 29.2 Å². The van der Waals surface area contributed by atoms with Crippen molar-refractivity contribution >= 4 is 0 Å². The third kappa shape index (κ3) is 6.87. The van der Waals surface area contributed by atoms with Crippen LogP contribution in [0.5, 0.6) is 5.75 Å². The molecule has 0 aliphatic rings. The van der Waals surface area contributed by atoms with E-state index >= 15 is 0 Å². The van der Waals surface area contributed by atoms with E-state index in [-0.39, 0.29) is 11.0 Å². The number of aromatic nitrogens is 4. The molecule has 0 atom stereocenters. The van der Waals surface area contributed by atoms with Gasteiger partial charge in [-0.25, -0.2) is 14.6 Å². The van der Waals surface area contributed by atoms with E-state index in [0.717, 1.165) is 23.2 Å². The summed E-state index contributed by atoms with van der Waals surface area (Å²) in [5, 5.41) is 13.7. The maximum absolute atomic E-state index is 12.5. The van der Waals surface area contributed by atoms with Gasteiger partial charge in [0.15, 0.2) is 11.6 Å². The van der Waals surface area contributed by atoms with Crippen molar-refractivity contribution in [1.82, 2.24) is 24.6 Å². The lowest BCUT2D eigenvalue weighted by molar-refractivity contribution is 0.140. The minimum absolute atomic E-state index is 0.00154. The van der Waals surface area contributed by atoms with E-state index in [1.807, 2.05) is 44.4 Å². The van der Waals surface area contributed by atoms with Crippen LogP contribution in [0.4, 0.5) is 0 Å². The molecule has 0 saturated heterocycles. The minimum atomic E-state index is -0.208. The van der Waals surface area contributed by atoms with Crippen molar-refractivity contribution in [3.8, 4) is 34.5 Å². The molecule has 0 saturated carbocycles. The molecule has 0 bridgehead atoms. The molecule has 2 aromatic heterocycles. The van der Waals surface area contributed by atoms with Crippen molar-refractivity contribution in [3.05, 3.63) is 94.5 Å². The van der Waals surface area contributed by atoms with Gasteiger partial charge in [0.2, 0.25) is 0 Å². The second kappa shape index (κ2) is 11.1. The molecular formula is C29H30N6O2. The van der Waals surface area contributed by atoms with Gasteiger partial charge in [0.1, 0.15) is 0 Å². The average Bonchev–Trinajstić information content (AvgIpc) is 2.88. The molecule has 8 heteroatoms. The van der Waals surface area contributed by atoms with Gasteiger partial charge in [0.05, 0.1) is 42.9 Å². The Labute approximate surface area is 216 Å². The van der Waals surface area contributed by atoms with Crippen LogP contribution in [0.2, 0.25) is 0 Å². The highest BCUT2D eigenvalue weighted by Crippen LogP contribution is 2.22. The lowest BCUT2D eigenvalue weighted by atomic mass is 9.94. The number of rotatable bonds is 9. The fourth-order valence-electron chi connectivity index (χ4n) is 4.17. The molecule has 0 N–H and O–H groups in total. The molecule has 188 valence electrons. The molecule has 0 aliphatic heterocycles. The monoisotopic (exact) mass is 494 g/mol. The average molecular weight is 495 g/mol. The summed E-state index contributed by atoms with van der Waals surface area (Å²) in [6.07, 6.45) is 3.37. The quantitative estimate of drug-likeness (QED) is 0.343. The number of hydrogen-bond donors (Lipinski definition) is 0. The molecule has 4 aromatic rings. The minimum Gasteiger partial charge on any atom is -0.490 e. The van der Waals surface area contributed by atoms with Crippen molar-refractivity contribution in [3.63, 3.8) is 0 Å². The summed E-state index contributed by atoms with van der Waals surface area (Å²) in [5.74, 6) is 1.20. The first-order valence-electron chi connectivity index (χ1n) is 12.0. The van der Waals surface area contributed by atoms with Crippen molar-refractivity contribution in [2.75, 3.05) is 27.2 Å². The summed E-state index contributed by atoms with van der Waals surface area (Å²) in [5.41, 5.74) is 3.47. The second-order valence-electron chi connectivity index (χ2n) is 10.0. The van der Waals surface area contributed by atoms with Gasteiger partial charge < -0.3 is 9.64 Å². The summed E-state index contributed by atoms with van der Waals surface area (Å²) in [6.45, 7) is 6.08. The summed E-state index contributed by atoms with van der Waals surface area (Å²) in [7, 11) is 4.09. The third-order valence-electron chi connectivity index (χ3n) is 5.67. The molecule has 0 fully saturated rings. The predicted octanol–water partition coefficient (Wildman–Crippen LogP) is 4.25. The summed E-state index contributed by atoms with van der Waals surface area (Å²) >= 11 is 0. The van der Waals surface area contributed by atoms with Crippen LogP contribution in [-0.4, -0.2) is 51.9 Å². The maximum atomic E-state index is 12.5. The number of ether oxygens (including phenoxy) is 1. The Morgan fingerprint density at radius 3 is 2.46 bits per heavy atom. The van der Waals surface area contributed by atoms with Gasteiger partial charge in [0.25, 0.3) is 5.56 Å². The molecule has 8 nitrogen and oxygen atoms in total. The van der Waals surface area contributed by atoms with Crippen LogP contribution in [0.3, 0.4) is 0 Å². The smallest absolute Gasteiger partial charge is 0.267 e. The molecule has 37 heavy (non-hydrogen) atoms. The Kier molecular flexibility index (Phi) is 7.75. The van der Waals surface area contributed by atoms with E-state index < -0.39 is 0 Å². The van der Waals surface area contributed by atoms with Crippen molar-refractivity contribution < 1.29 is 4.74 Å². The van der Waals surface area contributed by atoms with E-state index in [1.54, 1.807) is 36.7 Å². The summed E-state index contributed by atoms with van der Waals surface area (Å²) in [4.78, 5) is 23.6. The molecule has 4 rings (SSSR count). The normalized spacial score (nSPS) is 11.4. The molecule has 0 spiro atoms. The number of nitrogens with zero attached hydrogens (tertiary/aromatic N) is 6. The molecule has 2 heterocycles. The number of benzene rings is 2. The van der Waals surface area contributed by atoms with E-state index in [2.05, 4.69) is 39.9 Å². The van der Waals surface area contributed by atoms with Gasteiger partial charge in [-0.2, -0.15) is 10.4 Å². The van der Waals surface area contributed by atoms with E-state index in [0.29, 0.717) is 36.0 Å². The lowest BCUT2D eigenvalue weighted by Crippen LogP contribution is -2.33. The highest BCUT2D eigenvalue weighted by atomic mass is 16.5. The SMILES string of the molecule is CN(C)CC(C)(C)COc1cnc(-c2cccc(Cn3nc(-c4cccc(C#N)c4)ccc3=O)c2)nc1. The fourth-order valence-corrected chi connectivity index (χ4v) is 4.17. The van der Waals surface area contributed by atoms with Crippen LogP contribution in [0.15, 0.2) is 77.9 Å². The predicted molar refractivity (Wildman–Crippen MR) is 143 cm³/mol. The van der Waals surface area contributed by atoms with Gasteiger partial charge in [-0.15, -0.1) is 0 Å². The van der Waals surface area contributed by atoms with Gasteiger partial charge in [-0.1, -0.05) is 44.2 Å². The zero-order valence-electron chi connectivity index (χ0n) is 21.5. The summed E-state index contributed by atoms with van der Waals surface area (Å²) in [6, 6.07) is 20.2. The van der Waals surface area contributed by atoms with Crippen LogP contribution < -0.4 is 10.3 Å². The molecule has 0 aliphatic carbocycles. The fraction of sp³-hybridized carbons (Fsp3) is 0.276. The van der Waals surface area contributed by atoms with Crippen LogP contribution >= 0.6 is 0 Å². The standard InChI is InChI=1S/C29H30N6O2/c1-29(2,19-34(3)4)20-37-25-16-31-28(32-17-25)24-10-6-8-22(14-24)18-35-27(36)12-11-26(33-35)23-9-5-7-21(13-23)15-30/h5-14,16-17H,18-20H2,1-4H3. The van der Waals surface area contributed by atoms with Crippen LogP contribution in [0, 0.1) is 16.7 Å². The van der Waals surface area contributed by atoms with E-state index in [4.69, 9.17) is 4.74 Å². The highest BCUT2D eigenvalue weighted by Gasteiger charge is 2.20. The molecule has 0 radical (unpaired) electrons. The second-order valence-corrected chi connectivity index (χ2v) is 10.0. The van der Waals surface area contributed by atoms with Gasteiger partial charge in [-0.3, -0.25) is 4.79 Å². The Morgan fingerprint density at radius 2 is 1.73 bits per heavy atom. The highest BCUT2D eigenvalue weighted by molar-refractivity contribution is 5.60. The first kappa shape index (κ1) is 25.7.